The van der Waals surface area contributed by atoms with Crippen molar-refractivity contribution in [3.63, 3.8) is 0 Å². The zero-order valence-corrected chi connectivity index (χ0v) is 12.8. The van der Waals surface area contributed by atoms with Gasteiger partial charge >= 0.3 is 0 Å². The number of benzene rings is 1. The summed E-state index contributed by atoms with van der Waals surface area (Å²) < 4.78 is 13.5. The number of rotatable bonds is 6. The molecule has 1 heterocycles. The van der Waals surface area contributed by atoms with Crippen LogP contribution in [0.4, 0.5) is 0 Å². The summed E-state index contributed by atoms with van der Waals surface area (Å²) in [5, 5.41) is 5.47. The summed E-state index contributed by atoms with van der Waals surface area (Å²) in [6.45, 7) is 5.00. The molecular formula is C15H19NOS2. The van der Waals surface area contributed by atoms with Gasteiger partial charge in [0.1, 0.15) is 0 Å². The second-order valence-corrected chi connectivity index (χ2v) is 7.36. The van der Waals surface area contributed by atoms with Crippen molar-refractivity contribution in [3.05, 3.63) is 53.4 Å². The van der Waals surface area contributed by atoms with Crippen molar-refractivity contribution in [2.24, 2.45) is 0 Å². The Morgan fingerprint density at radius 2 is 1.95 bits per heavy atom. The summed E-state index contributed by atoms with van der Waals surface area (Å²) in [4.78, 5) is 0. The lowest BCUT2D eigenvalue weighted by Crippen LogP contribution is -2.32. The average molecular weight is 293 g/mol. The predicted octanol–water partition coefficient (Wildman–Crippen LogP) is 3.60. The Hall–Kier alpha value is -0.970. The van der Waals surface area contributed by atoms with Crippen molar-refractivity contribution < 1.29 is 4.21 Å². The van der Waals surface area contributed by atoms with Crippen molar-refractivity contribution in [1.29, 1.82) is 0 Å². The van der Waals surface area contributed by atoms with E-state index in [1.807, 2.05) is 35.7 Å². The summed E-state index contributed by atoms with van der Waals surface area (Å²) >= 11 is 1.56. The minimum Gasteiger partial charge on any atom is -0.309 e. The molecule has 0 amide bonds. The molecule has 102 valence electrons. The van der Waals surface area contributed by atoms with Gasteiger partial charge in [0.15, 0.2) is 0 Å². The predicted molar refractivity (Wildman–Crippen MR) is 83.0 cm³/mol. The van der Waals surface area contributed by atoms with Crippen LogP contribution in [0.1, 0.15) is 25.5 Å². The summed E-state index contributed by atoms with van der Waals surface area (Å²) in [7, 11) is -0.973. The van der Waals surface area contributed by atoms with Gasteiger partial charge in [0.05, 0.1) is 20.3 Å². The topological polar surface area (TPSA) is 29.1 Å². The van der Waals surface area contributed by atoms with Crippen LogP contribution < -0.4 is 5.32 Å². The minimum atomic E-state index is -0.973. The van der Waals surface area contributed by atoms with E-state index in [-0.39, 0.29) is 11.3 Å². The lowest BCUT2D eigenvalue weighted by molar-refractivity contribution is 0.536. The van der Waals surface area contributed by atoms with Crippen LogP contribution in [0.2, 0.25) is 0 Å². The van der Waals surface area contributed by atoms with Crippen LogP contribution in [0.5, 0.6) is 0 Å². The second-order valence-electron chi connectivity index (χ2n) is 4.38. The molecule has 3 atom stereocenters. The Labute approximate surface area is 121 Å². The minimum absolute atomic E-state index is 0.0426. The molecule has 0 aliphatic rings. The van der Waals surface area contributed by atoms with Crippen molar-refractivity contribution in [3.8, 4) is 0 Å². The Morgan fingerprint density at radius 3 is 2.53 bits per heavy atom. The van der Waals surface area contributed by atoms with Crippen molar-refractivity contribution >= 4 is 22.1 Å². The fraction of sp³-hybridized carbons (Fsp3) is 0.333. The van der Waals surface area contributed by atoms with Gasteiger partial charge in [-0.25, -0.2) is 0 Å². The van der Waals surface area contributed by atoms with Gasteiger partial charge in [-0.1, -0.05) is 43.3 Å². The third-order valence-corrected chi connectivity index (χ3v) is 6.01. The molecular weight excluding hydrogens is 274 g/mol. The molecule has 4 heteroatoms. The lowest BCUT2D eigenvalue weighted by Gasteiger charge is -2.24. The van der Waals surface area contributed by atoms with Crippen molar-refractivity contribution in [2.75, 3.05) is 6.54 Å². The quantitative estimate of drug-likeness (QED) is 0.882. The molecule has 3 unspecified atom stereocenters. The highest BCUT2D eigenvalue weighted by atomic mass is 32.2. The van der Waals surface area contributed by atoms with Gasteiger partial charge in [0, 0.05) is 6.04 Å². The maximum atomic E-state index is 12.6. The van der Waals surface area contributed by atoms with Crippen LogP contribution in [-0.4, -0.2) is 16.0 Å². The fourth-order valence-corrected chi connectivity index (χ4v) is 4.65. The maximum Gasteiger partial charge on any atom is 0.0914 e. The van der Waals surface area contributed by atoms with Gasteiger partial charge in [0.2, 0.25) is 0 Å². The molecule has 0 bridgehead atoms. The van der Waals surface area contributed by atoms with Crippen LogP contribution in [0, 0.1) is 0 Å². The molecule has 0 spiro atoms. The lowest BCUT2D eigenvalue weighted by atomic mass is 10.0. The van der Waals surface area contributed by atoms with E-state index in [1.54, 1.807) is 11.3 Å². The van der Waals surface area contributed by atoms with Crippen LogP contribution in [0.25, 0.3) is 0 Å². The molecule has 0 aliphatic carbocycles. The van der Waals surface area contributed by atoms with Gasteiger partial charge in [-0.3, -0.25) is 4.21 Å². The Balaban J connectivity index is 2.22. The van der Waals surface area contributed by atoms with E-state index in [9.17, 15) is 4.21 Å². The zero-order valence-electron chi connectivity index (χ0n) is 11.2. The highest BCUT2D eigenvalue weighted by Gasteiger charge is 2.25. The molecule has 1 N–H and O–H groups in total. The maximum absolute atomic E-state index is 12.6. The van der Waals surface area contributed by atoms with E-state index >= 15 is 0 Å². The highest BCUT2D eigenvalue weighted by Crippen LogP contribution is 2.26. The molecule has 0 fully saturated rings. The van der Waals surface area contributed by atoms with E-state index in [0.29, 0.717) is 0 Å². The Kier molecular flexibility index (Phi) is 5.31. The molecule has 2 nitrogen and oxygen atoms in total. The molecule has 19 heavy (non-hydrogen) atoms. The van der Waals surface area contributed by atoms with Crippen molar-refractivity contribution in [1.82, 2.24) is 5.32 Å². The third kappa shape index (κ3) is 3.53. The zero-order chi connectivity index (χ0) is 13.7. The number of thiophene rings is 1. The Bertz CT molecular complexity index is 510. The molecule has 1 aromatic heterocycles. The summed E-state index contributed by atoms with van der Waals surface area (Å²) in [6, 6.07) is 14.3. The van der Waals surface area contributed by atoms with E-state index in [4.69, 9.17) is 0 Å². The molecule has 0 radical (unpaired) electrons. The molecule has 0 saturated carbocycles. The fourth-order valence-electron chi connectivity index (χ4n) is 2.12. The van der Waals surface area contributed by atoms with Gasteiger partial charge in [0.25, 0.3) is 0 Å². The molecule has 1 aromatic carbocycles. The second kappa shape index (κ2) is 6.98. The number of hydrogen-bond acceptors (Lipinski definition) is 3. The van der Waals surface area contributed by atoms with E-state index < -0.39 is 10.8 Å². The summed E-state index contributed by atoms with van der Waals surface area (Å²) in [5.74, 6) is 0. The van der Waals surface area contributed by atoms with E-state index in [1.165, 1.54) is 5.56 Å². The van der Waals surface area contributed by atoms with Crippen LogP contribution in [-0.2, 0) is 10.8 Å². The third-order valence-electron chi connectivity index (χ3n) is 3.08. The largest absolute Gasteiger partial charge is 0.309 e. The highest BCUT2D eigenvalue weighted by molar-refractivity contribution is 7.87. The molecule has 0 saturated heterocycles. The average Bonchev–Trinajstić information content (AvgIpc) is 2.98. The first kappa shape index (κ1) is 14.4. The summed E-state index contributed by atoms with van der Waals surface area (Å²) in [6.07, 6.45) is 0. The van der Waals surface area contributed by atoms with Crippen LogP contribution in [0.3, 0.4) is 0 Å². The number of nitrogens with one attached hydrogen (secondary N) is 1. The van der Waals surface area contributed by atoms with Crippen LogP contribution in [0.15, 0.2) is 52.1 Å². The first-order chi connectivity index (χ1) is 9.24. The van der Waals surface area contributed by atoms with Gasteiger partial charge in [-0.05, 0) is 30.5 Å². The number of hydrogen-bond donors (Lipinski definition) is 1. The van der Waals surface area contributed by atoms with Crippen LogP contribution >= 0.6 is 11.3 Å². The van der Waals surface area contributed by atoms with Gasteiger partial charge < -0.3 is 5.32 Å². The first-order valence-electron chi connectivity index (χ1n) is 6.46. The smallest absolute Gasteiger partial charge is 0.0914 e. The Morgan fingerprint density at radius 1 is 1.21 bits per heavy atom. The molecule has 2 aromatic rings. The van der Waals surface area contributed by atoms with Gasteiger partial charge in [-0.2, -0.15) is 0 Å². The standard InChI is InChI=1S/C15H19NOS2/c1-3-16-15(13-8-5-4-6-9-13)12(2)19(17)14-10-7-11-18-14/h4-12,15-16H,3H2,1-2H3. The summed E-state index contributed by atoms with van der Waals surface area (Å²) in [5.41, 5.74) is 1.20. The van der Waals surface area contributed by atoms with Gasteiger partial charge in [-0.15, -0.1) is 11.3 Å². The SMILES string of the molecule is CCNC(c1ccccc1)C(C)S(=O)c1cccs1. The molecule has 2 rings (SSSR count). The van der Waals surface area contributed by atoms with Crippen molar-refractivity contribution in [2.45, 2.75) is 29.3 Å². The normalized spacial score (nSPS) is 15.9. The van der Waals surface area contributed by atoms with E-state index in [0.717, 1.165) is 10.8 Å². The van der Waals surface area contributed by atoms with E-state index in [2.05, 4.69) is 31.3 Å². The first-order valence-corrected chi connectivity index (χ1v) is 8.55. The monoisotopic (exact) mass is 293 g/mol. The molecule has 0 aliphatic heterocycles.